The third kappa shape index (κ3) is 5.97. The standard InChI is InChI=1S/C23H18Cl5N3O6/c1-2-3-8-12(31-21(34)14-15(22(31)35)17(26)19(28)18(27)16(14)25)23(36)37-9-13(32)29-30-20(33)10-6-4-5-7-11(10)24/h4-7,12H,2-3,8-9H2,1H3,(H,29,32)(H,30,33)/t12-/m0/s1. The minimum Gasteiger partial charge on any atom is -0.454 e. The Morgan fingerprint density at radius 2 is 1.46 bits per heavy atom. The van der Waals surface area contributed by atoms with Gasteiger partial charge in [-0.05, 0) is 18.6 Å². The number of rotatable bonds is 8. The number of carbonyl (C=O) groups is 5. The molecule has 0 aliphatic carbocycles. The maximum atomic E-state index is 13.1. The summed E-state index contributed by atoms with van der Waals surface area (Å²) in [6.07, 6.45) is 1.11. The fourth-order valence-corrected chi connectivity index (χ4v) is 4.74. The van der Waals surface area contributed by atoms with Gasteiger partial charge in [0.25, 0.3) is 23.6 Å². The molecule has 0 fully saturated rings. The van der Waals surface area contributed by atoms with Crippen molar-refractivity contribution >= 4 is 87.6 Å². The summed E-state index contributed by atoms with van der Waals surface area (Å²) in [6.45, 7) is 1.03. The lowest BCUT2D eigenvalue weighted by Crippen LogP contribution is -2.47. The topological polar surface area (TPSA) is 122 Å². The highest BCUT2D eigenvalue weighted by molar-refractivity contribution is 6.55. The van der Waals surface area contributed by atoms with Gasteiger partial charge in [-0.2, -0.15) is 0 Å². The molecule has 9 nitrogen and oxygen atoms in total. The molecular weight excluding hydrogens is 592 g/mol. The van der Waals surface area contributed by atoms with Gasteiger partial charge in [-0.3, -0.25) is 34.9 Å². The number of nitrogens with one attached hydrogen (secondary N) is 2. The minimum absolute atomic E-state index is 0.0440. The Morgan fingerprint density at radius 1 is 0.892 bits per heavy atom. The molecule has 1 aliphatic heterocycles. The summed E-state index contributed by atoms with van der Waals surface area (Å²) in [4.78, 5) is 64.2. The van der Waals surface area contributed by atoms with Crippen molar-refractivity contribution in [3.05, 3.63) is 66.1 Å². The molecule has 0 spiro atoms. The van der Waals surface area contributed by atoms with Crippen molar-refractivity contribution in [2.24, 2.45) is 0 Å². The average Bonchev–Trinajstić information content (AvgIpc) is 3.14. The van der Waals surface area contributed by atoms with Gasteiger partial charge in [-0.15, -0.1) is 0 Å². The summed E-state index contributed by atoms with van der Waals surface area (Å²) in [5.41, 5.74) is 3.79. The van der Waals surface area contributed by atoms with E-state index in [4.69, 9.17) is 62.7 Å². The number of benzene rings is 2. The van der Waals surface area contributed by atoms with Gasteiger partial charge in [-0.1, -0.05) is 89.9 Å². The quantitative estimate of drug-likeness (QED) is 0.141. The molecule has 0 saturated heterocycles. The third-order valence-corrected chi connectivity index (χ3v) is 7.46. The molecule has 0 saturated carbocycles. The molecule has 0 bridgehead atoms. The van der Waals surface area contributed by atoms with Gasteiger partial charge in [0.2, 0.25) is 0 Å². The van der Waals surface area contributed by atoms with Gasteiger partial charge in [0.15, 0.2) is 6.61 Å². The Hall–Kier alpha value is -2.56. The Bertz CT molecular complexity index is 1260. The number of esters is 1. The third-order valence-electron chi connectivity index (χ3n) is 5.33. The van der Waals surface area contributed by atoms with Crippen LogP contribution in [0.2, 0.25) is 25.1 Å². The maximum Gasteiger partial charge on any atom is 0.329 e. The van der Waals surface area contributed by atoms with Gasteiger partial charge < -0.3 is 4.74 Å². The molecule has 4 amide bonds. The molecule has 3 rings (SSSR count). The van der Waals surface area contributed by atoms with E-state index in [-0.39, 0.29) is 48.2 Å². The van der Waals surface area contributed by atoms with Crippen LogP contribution in [0.4, 0.5) is 0 Å². The van der Waals surface area contributed by atoms with Crippen LogP contribution in [-0.2, 0) is 14.3 Å². The molecule has 14 heteroatoms. The summed E-state index contributed by atoms with van der Waals surface area (Å²) in [5.74, 6) is -4.40. The SMILES string of the molecule is CCCC[C@@H](C(=O)OCC(=O)NNC(=O)c1ccccc1Cl)N1C(=O)c2c(Cl)c(Cl)c(Cl)c(Cl)c2C1=O. The Morgan fingerprint density at radius 3 is 2.00 bits per heavy atom. The number of hydrogen-bond donors (Lipinski definition) is 2. The van der Waals surface area contributed by atoms with Crippen LogP contribution in [0.5, 0.6) is 0 Å². The predicted octanol–water partition coefficient (Wildman–Crippen LogP) is 5.11. The number of hydrogen-bond acceptors (Lipinski definition) is 6. The molecule has 196 valence electrons. The van der Waals surface area contributed by atoms with E-state index in [1.165, 1.54) is 12.1 Å². The van der Waals surface area contributed by atoms with E-state index in [0.29, 0.717) is 17.7 Å². The zero-order chi connectivity index (χ0) is 27.4. The second kappa shape index (κ2) is 12.3. The first-order chi connectivity index (χ1) is 17.5. The van der Waals surface area contributed by atoms with Gasteiger partial charge >= 0.3 is 5.97 Å². The number of halogens is 5. The monoisotopic (exact) mass is 607 g/mol. The second-order valence-corrected chi connectivity index (χ2v) is 9.65. The maximum absolute atomic E-state index is 13.1. The van der Waals surface area contributed by atoms with E-state index in [2.05, 4.69) is 10.9 Å². The fourth-order valence-electron chi connectivity index (χ4n) is 3.51. The predicted molar refractivity (Wildman–Crippen MR) is 138 cm³/mol. The number of carbonyl (C=O) groups excluding carboxylic acids is 5. The minimum atomic E-state index is -1.39. The van der Waals surface area contributed by atoms with E-state index in [0.717, 1.165) is 0 Å². The highest BCUT2D eigenvalue weighted by Crippen LogP contribution is 2.45. The van der Waals surface area contributed by atoms with Crippen molar-refractivity contribution in [1.29, 1.82) is 0 Å². The molecular formula is C23H18Cl5N3O6. The van der Waals surface area contributed by atoms with Gasteiger partial charge in [0, 0.05) is 0 Å². The summed E-state index contributed by atoms with van der Waals surface area (Å²) in [6, 6.07) is 4.78. The summed E-state index contributed by atoms with van der Waals surface area (Å²) >= 11 is 30.3. The van der Waals surface area contributed by atoms with Crippen LogP contribution in [0.1, 0.15) is 57.3 Å². The highest BCUT2D eigenvalue weighted by Gasteiger charge is 2.47. The number of fused-ring (bicyclic) bond motifs is 1. The van der Waals surface area contributed by atoms with E-state index >= 15 is 0 Å². The number of nitrogens with zero attached hydrogens (tertiary/aromatic N) is 1. The smallest absolute Gasteiger partial charge is 0.329 e. The van der Waals surface area contributed by atoms with E-state index < -0.39 is 42.2 Å². The molecule has 1 aliphatic rings. The molecule has 0 aromatic heterocycles. The van der Waals surface area contributed by atoms with Crippen LogP contribution < -0.4 is 10.9 Å². The van der Waals surface area contributed by atoms with Crippen molar-refractivity contribution in [2.45, 2.75) is 32.2 Å². The average molecular weight is 610 g/mol. The van der Waals surface area contributed by atoms with Crippen molar-refractivity contribution in [3.8, 4) is 0 Å². The first-order valence-electron chi connectivity index (χ1n) is 10.7. The number of amides is 4. The lowest BCUT2D eigenvalue weighted by atomic mass is 10.1. The van der Waals surface area contributed by atoms with Gasteiger partial charge in [0.05, 0.1) is 41.8 Å². The van der Waals surface area contributed by atoms with Crippen LogP contribution >= 0.6 is 58.0 Å². The van der Waals surface area contributed by atoms with Crippen LogP contribution in [0.15, 0.2) is 24.3 Å². The molecule has 0 unspecified atom stereocenters. The normalized spacial score (nSPS) is 13.3. The van der Waals surface area contributed by atoms with E-state index in [1.807, 2.05) is 6.92 Å². The van der Waals surface area contributed by atoms with Crippen molar-refractivity contribution in [1.82, 2.24) is 15.8 Å². The summed E-state index contributed by atoms with van der Waals surface area (Å²) < 4.78 is 5.05. The van der Waals surface area contributed by atoms with Crippen molar-refractivity contribution < 1.29 is 28.7 Å². The molecule has 0 radical (unpaired) electrons. The number of imide groups is 1. The van der Waals surface area contributed by atoms with Gasteiger partial charge in [-0.25, -0.2) is 4.79 Å². The largest absolute Gasteiger partial charge is 0.454 e. The first-order valence-corrected chi connectivity index (χ1v) is 12.6. The number of ether oxygens (including phenoxy) is 1. The lowest BCUT2D eigenvalue weighted by molar-refractivity contribution is -0.152. The van der Waals surface area contributed by atoms with E-state index in [9.17, 15) is 24.0 Å². The van der Waals surface area contributed by atoms with Crippen LogP contribution in [-0.4, -0.2) is 47.1 Å². The zero-order valence-electron chi connectivity index (χ0n) is 19.0. The first kappa shape index (κ1) is 29.0. The van der Waals surface area contributed by atoms with Crippen molar-refractivity contribution in [2.75, 3.05) is 6.61 Å². The van der Waals surface area contributed by atoms with Gasteiger partial charge in [0.1, 0.15) is 6.04 Å². The highest BCUT2D eigenvalue weighted by atomic mass is 35.5. The van der Waals surface area contributed by atoms with E-state index in [1.54, 1.807) is 12.1 Å². The molecule has 2 aromatic carbocycles. The molecule has 1 heterocycles. The Kier molecular flexibility index (Phi) is 9.66. The zero-order valence-corrected chi connectivity index (χ0v) is 22.8. The number of unbranched alkanes of at least 4 members (excludes halogenated alkanes) is 1. The Labute approximate surface area is 236 Å². The second-order valence-electron chi connectivity index (χ2n) is 7.73. The Balaban J connectivity index is 1.71. The molecule has 2 N–H and O–H groups in total. The van der Waals surface area contributed by atoms with Crippen LogP contribution in [0.3, 0.4) is 0 Å². The lowest BCUT2D eigenvalue weighted by Gasteiger charge is -2.24. The van der Waals surface area contributed by atoms with Crippen LogP contribution in [0.25, 0.3) is 0 Å². The summed E-state index contributed by atoms with van der Waals surface area (Å²) in [5, 5.41) is -0.800. The molecule has 2 aromatic rings. The molecule has 37 heavy (non-hydrogen) atoms. The number of hydrazine groups is 1. The summed E-state index contributed by atoms with van der Waals surface area (Å²) in [7, 11) is 0. The fraction of sp³-hybridized carbons (Fsp3) is 0.261. The van der Waals surface area contributed by atoms with Crippen LogP contribution in [0, 0.1) is 0 Å². The van der Waals surface area contributed by atoms with Crippen molar-refractivity contribution in [3.63, 3.8) is 0 Å². The molecule has 1 atom stereocenters.